The lowest BCUT2D eigenvalue weighted by Crippen LogP contribution is -2.39. The normalized spacial score (nSPS) is 21.8. The van der Waals surface area contributed by atoms with Crippen molar-refractivity contribution in [3.05, 3.63) is 185 Å². The monoisotopic (exact) mass is 909 g/mol. The van der Waals surface area contributed by atoms with E-state index in [0.29, 0.717) is 11.5 Å². The third-order valence-electron chi connectivity index (χ3n) is 11.6. The van der Waals surface area contributed by atoms with Crippen LogP contribution in [-0.2, 0) is 33.4 Å². The van der Waals surface area contributed by atoms with Crippen LogP contribution in [0.25, 0.3) is 0 Å². The van der Waals surface area contributed by atoms with Crippen LogP contribution in [0.4, 0.5) is 0 Å². The molecule has 8 rings (SSSR count). The molecule has 5 heterocycles. The molecule has 2 aliphatic rings. The van der Waals surface area contributed by atoms with E-state index in [1.807, 2.05) is 78.9 Å². The lowest BCUT2D eigenvalue weighted by atomic mass is 9.80. The van der Waals surface area contributed by atoms with E-state index in [-0.39, 0.29) is 35.9 Å². The molecule has 6 aromatic rings. The summed E-state index contributed by atoms with van der Waals surface area (Å²) in [7, 11) is -1.28. The van der Waals surface area contributed by atoms with E-state index in [1.54, 1.807) is 27.2 Å². The maximum absolute atomic E-state index is 15.3. The third kappa shape index (κ3) is 9.33. The van der Waals surface area contributed by atoms with Crippen molar-refractivity contribution in [1.29, 1.82) is 0 Å². The maximum Gasteiger partial charge on any atom is 0.363 e. The largest absolute Gasteiger partial charge is 0.497 e. The molecule has 0 radical (unpaired) electrons. The van der Waals surface area contributed by atoms with Gasteiger partial charge in [0, 0.05) is 48.8 Å². The molecule has 2 aliphatic heterocycles. The van der Waals surface area contributed by atoms with Crippen LogP contribution in [-0.4, -0.2) is 81.0 Å². The first-order valence-corrected chi connectivity index (χ1v) is 22.3. The number of aliphatic hydroxyl groups excluding tert-OH is 1. The fourth-order valence-electron chi connectivity index (χ4n) is 8.08. The number of ether oxygens (including phenoxy) is 5. The van der Waals surface area contributed by atoms with Gasteiger partial charge >= 0.3 is 19.0 Å². The minimum atomic E-state index is -4.44. The summed E-state index contributed by atoms with van der Waals surface area (Å²) in [5.74, 6) is 1.25. The second-order valence-corrected chi connectivity index (χ2v) is 17.7. The van der Waals surface area contributed by atoms with Gasteiger partial charge in [-0.15, -0.1) is 0 Å². The van der Waals surface area contributed by atoms with E-state index in [4.69, 9.17) is 32.7 Å². The fraction of sp³-hybridized carbons (Fsp3) is 0.326. The van der Waals surface area contributed by atoms with Crippen LogP contribution in [0, 0.1) is 13.8 Å². The molecule has 3 aromatic carbocycles. The van der Waals surface area contributed by atoms with Crippen LogP contribution in [0.1, 0.15) is 53.1 Å². The summed E-state index contributed by atoms with van der Waals surface area (Å²) < 4.78 is 61.3. The molecule has 2 fully saturated rings. The van der Waals surface area contributed by atoms with Gasteiger partial charge in [0.15, 0.2) is 0 Å². The molecule has 0 amide bonds. The van der Waals surface area contributed by atoms with E-state index in [2.05, 4.69) is 15.0 Å². The molecule has 3 N–H and O–H groups in total. The number of benzene rings is 3. The highest BCUT2D eigenvalue weighted by molar-refractivity contribution is 7.62. The van der Waals surface area contributed by atoms with Crippen molar-refractivity contribution in [1.82, 2.24) is 24.1 Å². The first-order valence-electron chi connectivity index (χ1n) is 20.8. The van der Waals surface area contributed by atoms with Gasteiger partial charge in [0.2, 0.25) is 0 Å². The highest BCUT2D eigenvalue weighted by atomic mass is 31.2. The number of aryl methyl sites for hydroxylation is 2. The molecule has 2 saturated heterocycles. The van der Waals surface area contributed by atoms with Gasteiger partial charge in [-0.2, -0.15) is 0 Å². The van der Waals surface area contributed by atoms with Gasteiger partial charge in [-0.25, -0.2) is 9.59 Å². The molecule has 0 saturated carbocycles. The molecule has 19 heteroatoms. The Morgan fingerprint density at radius 1 is 0.723 bits per heavy atom. The van der Waals surface area contributed by atoms with Gasteiger partial charge in [-0.1, -0.05) is 54.6 Å². The maximum atomic E-state index is 15.3. The zero-order valence-electron chi connectivity index (χ0n) is 35.9. The number of aliphatic hydroxyl groups is 1. The summed E-state index contributed by atoms with van der Waals surface area (Å²) in [5.41, 5.74) is -1.13. The summed E-state index contributed by atoms with van der Waals surface area (Å²) in [5, 5.41) is 11.2. The summed E-state index contributed by atoms with van der Waals surface area (Å²) >= 11 is 0. The lowest BCUT2D eigenvalue weighted by molar-refractivity contribution is -0.0931. The van der Waals surface area contributed by atoms with Gasteiger partial charge in [-0.3, -0.25) is 42.8 Å². The first kappa shape index (κ1) is 45.3. The highest BCUT2D eigenvalue weighted by Gasteiger charge is 2.47. The predicted molar refractivity (Wildman–Crippen MR) is 236 cm³/mol. The smallest absolute Gasteiger partial charge is 0.363 e. The average Bonchev–Trinajstić information content (AvgIpc) is 3.90. The second kappa shape index (κ2) is 19.1. The van der Waals surface area contributed by atoms with Crippen molar-refractivity contribution < 1.29 is 42.4 Å². The van der Waals surface area contributed by atoms with Crippen LogP contribution < -0.4 is 37.3 Å². The van der Waals surface area contributed by atoms with Gasteiger partial charge in [0.25, 0.3) is 11.1 Å². The quantitative estimate of drug-likeness (QED) is 0.0924. The number of hydrogen-bond donors (Lipinski definition) is 3. The number of methoxy groups -OCH3 is 2. The van der Waals surface area contributed by atoms with Crippen LogP contribution in [0.2, 0.25) is 0 Å². The summed E-state index contributed by atoms with van der Waals surface area (Å²) in [6, 6.07) is 27.5. The van der Waals surface area contributed by atoms with Gasteiger partial charge in [-0.05, 0) is 66.9 Å². The Hall–Kier alpha value is -6.24. The van der Waals surface area contributed by atoms with Crippen molar-refractivity contribution in [3.63, 3.8) is 0 Å². The van der Waals surface area contributed by atoms with Gasteiger partial charge in [0.1, 0.15) is 47.9 Å². The Morgan fingerprint density at radius 3 is 1.80 bits per heavy atom. The number of H-pyrrole nitrogens is 2. The number of pyridine rings is 1. The molecule has 7 atom stereocenters. The molecule has 0 bridgehead atoms. The SMILES string of the molecule is COc1ccc(C(OC[C@H]2O[C@@H](n3cc(C)c(=O)[nH]c3=O)C[C@@H]2OP(=O)(OC[C@H]2O[C@@H](n3cc(C)c(=O)[nH]c3=O)C[C@@H]2O)c2cccnc2)(c2ccccc2)c2ccc(OC)cc2)cc1. The van der Waals surface area contributed by atoms with E-state index >= 15 is 4.57 Å². The number of nitrogens with zero attached hydrogens (tertiary/aromatic N) is 3. The summed E-state index contributed by atoms with van der Waals surface area (Å²) in [6.45, 7) is 2.42. The first-order chi connectivity index (χ1) is 31.3. The Bertz CT molecular complexity index is 2840. The standard InChI is InChI=1S/C46H48N5O13P/c1-28-24-50(44(55)48-42(28)53)40-21-36(52)38(62-40)27-61-65(57,35-11-8-20-47-23-35)64-37-22-41(51-25-29(2)43(54)49-45(51)56)63-39(37)26-60-46(30-9-6-5-7-10-30,31-12-16-33(58-3)17-13-31)32-14-18-34(59-4)19-15-32/h5-20,23-25,36-41,52H,21-22,26-27H2,1-4H3,(H,48,53,55)(H,49,54,56)/t36-,37-,38+,39+,40+,41+,65?/m0/s1. The molecular weight excluding hydrogens is 862 g/mol. The molecule has 340 valence electrons. The van der Waals surface area contributed by atoms with Crippen molar-refractivity contribution in [2.45, 2.75) is 69.2 Å². The van der Waals surface area contributed by atoms with E-state index in [1.165, 1.54) is 46.9 Å². The lowest BCUT2D eigenvalue weighted by Gasteiger charge is -2.37. The molecule has 0 aliphatic carbocycles. The predicted octanol–water partition coefficient (Wildman–Crippen LogP) is 3.98. The van der Waals surface area contributed by atoms with E-state index in [0.717, 1.165) is 16.7 Å². The molecular formula is C46H48N5O13P. The van der Waals surface area contributed by atoms with Crippen molar-refractivity contribution >= 4 is 12.9 Å². The van der Waals surface area contributed by atoms with E-state index in [9.17, 15) is 24.3 Å². The zero-order chi connectivity index (χ0) is 45.9. The topological polar surface area (TPSA) is 225 Å². The Kier molecular flexibility index (Phi) is 13.3. The molecule has 0 spiro atoms. The average molecular weight is 910 g/mol. The number of rotatable bonds is 16. The highest BCUT2D eigenvalue weighted by Crippen LogP contribution is 2.52. The number of nitrogens with one attached hydrogen (secondary N) is 2. The van der Waals surface area contributed by atoms with E-state index < -0.39 is 79.2 Å². The number of aromatic nitrogens is 5. The van der Waals surface area contributed by atoms with Crippen molar-refractivity contribution in [3.8, 4) is 11.5 Å². The Balaban J connectivity index is 1.16. The minimum Gasteiger partial charge on any atom is -0.497 e. The number of hydrogen-bond acceptors (Lipinski definition) is 14. The van der Waals surface area contributed by atoms with Gasteiger partial charge < -0.3 is 33.3 Å². The molecule has 65 heavy (non-hydrogen) atoms. The Labute approximate surface area is 371 Å². The van der Waals surface area contributed by atoms with Crippen molar-refractivity contribution in [2.75, 3.05) is 27.4 Å². The summed E-state index contributed by atoms with van der Waals surface area (Å²) in [4.78, 5) is 59.2. The van der Waals surface area contributed by atoms with Gasteiger partial charge in [0.05, 0.1) is 38.8 Å². The molecule has 18 nitrogen and oxygen atoms in total. The molecule has 1 unspecified atom stereocenters. The van der Waals surface area contributed by atoms with Crippen LogP contribution >= 0.6 is 7.60 Å². The summed E-state index contributed by atoms with van der Waals surface area (Å²) in [6.07, 6.45) is -0.935. The molecule has 3 aromatic heterocycles. The van der Waals surface area contributed by atoms with Crippen LogP contribution in [0.3, 0.4) is 0 Å². The van der Waals surface area contributed by atoms with Crippen LogP contribution in [0.5, 0.6) is 11.5 Å². The number of aromatic amines is 2. The third-order valence-corrected chi connectivity index (χ3v) is 13.5. The second-order valence-electron chi connectivity index (χ2n) is 15.7. The Morgan fingerprint density at radius 2 is 1.26 bits per heavy atom. The minimum absolute atomic E-state index is 0.0338. The van der Waals surface area contributed by atoms with Crippen molar-refractivity contribution in [2.24, 2.45) is 0 Å². The van der Waals surface area contributed by atoms with Crippen LogP contribution in [0.15, 0.2) is 135 Å². The fourth-order valence-corrected chi connectivity index (χ4v) is 9.81. The zero-order valence-corrected chi connectivity index (χ0v) is 36.8.